The van der Waals surface area contributed by atoms with Crippen molar-refractivity contribution < 1.29 is 56.7 Å². The normalized spacial score (nSPS) is 11.3. The topological polar surface area (TPSA) is 192 Å². The van der Waals surface area contributed by atoms with Gasteiger partial charge in [-0.15, -0.1) is 0 Å². The Bertz CT molecular complexity index is 3150. The molecule has 4 amide bonds. The zero-order valence-corrected chi connectivity index (χ0v) is 60.3. The Balaban J connectivity index is 0.000000348. The van der Waals surface area contributed by atoms with E-state index in [0.29, 0.717) is 131 Å². The second kappa shape index (κ2) is 47.1. The Hall–Kier alpha value is -6.94. The van der Waals surface area contributed by atoms with Crippen molar-refractivity contribution in [2.75, 3.05) is 180 Å². The predicted molar refractivity (Wildman–Crippen MR) is 392 cm³/mol. The Labute approximate surface area is 574 Å². The molecule has 4 N–H and O–H groups in total. The number of aromatic nitrogens is 2. The van der Waals surface area contributed by atoms with Crippen LogP contribution in [-0.4, -0.2) is 184 Å². The van der Waals surface area contributed by atoms with Gasteiger partial charge in [0.25, 0.3) is 0 Å². The van der Waals surface area contributed by atoms with E-state index in [-0.39, 0.29) is 23.6 Å². The van der Waals surface area contributed by atoms with Crippen molar-refractivity contribution in [3.63, 3.8) is 0 Å². The van der Waals surface area contributed by atoms with Gasteiger partial charge in [0.2, 0.25) is 45.7 Å². The van der Waals surface area contributed by atoms with Gasteiger partial charge in [0.15, 0.2) is 0 Å². The molecular weight excluding hydrogens is 1210 g/mol. The van der Waals surface area contributed by atoms with Crippen LogP contribution in [0.15, 0.2) is 84.9 Å². The lowest BCUT2D eigenvalue weighted by atomic mass is 10.1. The molecule has 0 radical (unpaired) electrons. The van der Waals surface area contributed by atoms with Crippen LogP contribution in [0.2, 0.25) is 0 Å². The summed E-state index contributed by atoms with van der Waals surface area (Å²) in [4.78, 5) is 56.3. The summed E-state index contributed by atoms with van der Waals surface area (Å²) in [5.74, 6) is 0.378. The fraction of sp³-hybridized carbons (Fsp3) is 0.605. The molecule has 6 aromatic rings. The molecule has 2 aromatic heterocycles. The number of amides is 4. The molecule has 96 heavy (non-hydrogen) atoms. The highest BCUT2D eigenvalue weighted by molar-refractivity contribution is 5.93. The molecule has 2 heterocycles. The van der Waals surface area contributed by atoms with E-state index in [9.17, 15) is 19.2 Å². The summed E-state index contributed by atoms with van der Waals surface area (Å²) in [5, 5.41) is 16.7. The van der Waals surface area contributed by atoms with E-state index < -0.39 is 0 Å². The van der Waals surface area contributed by atoms with Gasteiger partial charge in [-0.25, -0.2) is 0 Å². The van der Waals surface area contributed by atoms with E-state index in [1.165, 1.54) is 66.4 Å². The predicted octanol–water partition coefficient (Wildman–Crippen LogP) is 10.5. The monoisotopic (exact) mass is 1330 g/mol. The maximum atomic E-state index is 12.5. The number of nitrogens with zero attached hydrogens (tertiary/aromatic N) is 6. The van der Waals surface area contributed by atoms with Crippen LogP contribution < -0.4 is 50.0 Å². The summed E-state index contributed by atoms with van der Waals surface area (Å²) in [5.41, 5.74) is 9.81. The summed E-state index contributed by atoms with van der Waals surface area (Å²) in [6.07, 6.45) is 13.0. The van der Waals surface area contributed by atoms with Gasteiger partial charge in [-0.3, -0.25) is 19.2 Å². The Morgan fingerprint density at radius 2 is 0.656 bits per heavy atom. The molecule has 0 atom stereocenters. The molecule has 20 nitrogen and oxygen atoms in total. The van der Waals surface area contributed by atoms with Gasteiger partial charge >= 0.3 is 0 Å². The lowest BCUT2D eigenvalue weighted by Crippen LogP contribution is -2.36. The van der Waals surface area contributed by atoms with Crippen LogP contribution in [-0.2, 0) is 60.7 Å². The van der Waals surface area contributed by atoms with Gasteiger partial charge in [-0.05, 0) is 132 Å². The molecular formula is C76H120N10O10+2. The van der Waals surface area contributed by atoms with Crippen LogP contribution in [0.3, 0.4) is 0 Å². The summed E-state index contributed by atoms with van der Waals surface area (Å²) in [6, 6.07) is 31.5. The van der Waals surface area contributed by atoms with Crippen LogP contribution in [0.5, 0.6) is 0 Å². The molecule has 0 fully saturated rings. The van der Waals surface area contributed by atoms with Gasteiger partial charge in [0, 0.05) is 215 Å². The molecule has 20 heteroatoms. The number of hydrogen-bond acceptors (Lipinski definition) is 14. The minimum absolute atomic E-state index is 0.0663. The van der Waals surface area contributed by atoms with Gasteiger partial charge in [-0.1, -0.05) is 20.8 Å². The van der Waals surface area contributed by atoms with Gasteiger partial charge in [0.05, 0.1) is 52.9 Å². The number of fused-ring (bicyclic) bond motifs is 4. The lowest BCUT2D eigenvalue weighted by molar-refractivity contribution is -0.646. The number of unbranched alkanes of at least 4 members (excludes halogenated alkanes) is 4. The number of ether oxygens (including phenoxy) is 6. The van der Waals surface area contributed by atoms with E-state index in [2.05, 4.69) is 191 Å². The van der Waals surface area contributed by atoms with Crippen LogP contribution in [0.1, 0.15) is 130 Å². The third-order valence-electron chi connectivity index (χ3n) is 16.6. The van der Waals surface area contributed by atoms with Crippen molar-refractivity contribution in [1.82, 2.24) is 21.3 Å². The maximum Gasteiger partial charge on any atom is 0.219 e. The average molecular weight is 1330 g/mol. The number of aryl methyl sites for hydroxylation is 2. The summed E-state index contributed by atoms with van der Waals surface area (Å²) < 4.78 is 38.2. The number of nitrogens with one attached hydrogen (secondary N) is 4. The minimum atomic E-state index is 0.0663. The first-order valence-corrected chi connectivity index (χ1v) is 35.8. The maximum absolute atomic E-state index is 12.5. The van der Waals surface area contributed by atoms with Crippen molar-refractivity contribution in [1.29, 1.82) is 0 Å². The van der Waals surface area contributed by atoms with Crippen molar-refractivity contribution in [3.8, 4) is 0 Å². The lowest BCUT2D eigenvalue weighted by Gasteiger charge is -2.22. The second-order valence-corrected chi connectivity index (χ2v) is 25.0. The van der Waals surface area contributed by atoms with Crippen molar-refractivity contribution >= 4 is 90.0 Å². The third-order valence-corrected chi connectivity index (χ3v) is 16.6. The standard InChI is InChI=1S/C40H63N5O5.C36H55N5O5/c1-6-14-39(46)41-20-12-24-48-26-28-50-29-27-49-25-13-21-42-40(47)15-10-9-11-23-45-37-31-35(43(4)5)18-16-33(37)30-34-17-19-36(32-38(34)45)44(8-3)22-7-2;1-6-35(42)37-17-10-20-44-22-24-46-25-23-45-21-11-18-38-36(43)12-8-7-9-19-41-33-27-31(39(2)3)15-13-29(33)26-30-14-16-32(40(4)5)28-34(30)41/h16-19,30-32H,6-15,20-29H2,1-5H3,(H-,41,42,46,47);13-16,26-28H,6-12,17-25H2,1-5H3,(H-,37,38,42,43)/p+2. The molecule has 0 aliphatic carbocycles. The van der Waals surface area contributed by atoms with Crippen molar-refractivity contribution in [2.45, 2.75) is 144 Å². The van der Waals surface area contributed by atoms with Crippen LogP contribution in [0.4, 0.5) is 22.7 Å². The number of rotatable bonds is 50. The SMILES string of the molecule is CCC(=O)NCCCOCCOCCOCCCNC(=O)CCCCC[n+]1c2cc(N(C)C)ccc2cc2ccc(N(C)C)cc21.CCCC(=O)NCCCOCCOCCOCCCNC(=O)CCCCC[n+]1c2cc(N(C)C)ccc2cc2ccc(N(CC)CCC)cc21. The number of carbonyl (C=O) groups excluding carboxylic acids is 4. The highest BCUT2D eigenvalue weighted by Crippen LogP contribution is 2.28. The first-order chi connectivity index (χ1) is 46.7. The van der Waals surface area contributed by atoms with Crippen LogP contribution >= 0.6 is 0 Å². The van der Waals surface area contributed by atoms with Crippen molar-refractivity contribution in [3.05, 3.63) is 84.9 Å². The van der Waals surface area contributed by atoms with Crippen LogP contribution in [0.25, 0.3) is 43.6 Å². The highest BCUT2D eigenvalue weighted by atomic mass is 16.5. The molecule has 0 bridgehead atoms. The molecule has 0 spiro atoms. The molecule has 0 unspecified atom stereocenters. The first kappa shape index (κ1) is 79.7. The second-order valence-electron chi connectivity index (χ2n) is 25.0. The van der Waals surface area contributed by atoms with E-state index in [1.807, 2.05) is 13.8 Å². The fourth-order valence-electron chi connectivity index (χ4n) is 11.2. The number of pyridine rings is 2. The smallest absolute Gasteiger partial charge is 0.219 e. The zero-order valence-electron chi connectivity index (χ0n) is 60.3. The molecule has 0 saturated heterocycles. The largest absolute Gasteiger partial charge is 0.379 e. The molecule has 4 aromatic carbocycles. The van der Waals surface area contributed by atoms with E-state index in [1.54, 1.807) is 0 Å². The molecule has 0 aliphatic heterocycles. The first-order valence-electron chi connectivity index (χ1n) is 35.8. The average Bonchev–Trinajstić information content (AvgIpc) is 0.774. The number of anilines is 4. The quantitative estimate of drug-likeness (QED) is 0.0160. The number of benzene rings is 4. The molecule has 532 valence electrons. The Morgan fingerprint density at radius 1 is 0.344 bits per heavy atom. The Kier molecular flexibility index (Phi) is 39.1. The summed E-state index contributed by atoms with van der Waals surface area (Å²) in [7, 11) is 12.5. The fourth-order valence-corrected chi connectivity index (χ4v) is 11.2. The molecule has 0 saturated carbocycles. The van der Waals surface area contributed by atoms with Crippen molar-refractivity contribution in [2.24, 2.45) is 0 Å². The van der Waals surface area contributed by atoms with Gasteiger partial charge in [0.1, 0.15) is 13.1 Å². The van der Waals surface area contributed by atoms with E-state index in [0.717, 1.165) is 103 Å². The molecule has 0 aliphatic rings. The number of hydrogen-bond donors (Lipinski definition) is 4. The molecule has 6 rings (SSSR count). The number of carbonyl (C=O) groups is 4. The van der Waals surface area contributed by atoms with Gasteiger partial charge < -0.3 is 69.3 Å². The van der Waals surface area contributed by atoms with Crippen LogP contribution in [0, 0.1) is 0 Å². The summed E-state index contributed by atoms with van der Waals surface area (Å²) >= 11 is 0. The third kappa shape index (κ3) is 29.8. The zero-order chi connectivity index (χ0) is 69.1. The highest BCUT2D eigenvalue weighted by Gasteiger charge is 2.21. The van der Waals surface area contributed by atoms with E-state index >= 15 is 0 Å². The minimum Gasteiger partial charge on any atom is -0.379 e. The summed E-state index contributed by atoms with van der Waals surface area (Å²) in [6.45, 7) is 21.2. The Morgan fingerprint density at radius 3 is 0.969 bits per heavy atom. The van der Waals surface area contributed by atoms with Gasteiger partial charge in [-0.2, -0.15) is 9.13 Å². The van der Waals surface area contributed by atoms with E-state index in [4.69, 9.17) is 28.4 Å².